The summed E-state index contributed by atoms with van der Waals surface area (Å²) in [4.78, 5) is 14.6. The van der Waals surface area contributed by atoms with Crippen LogP contribution in [0.1, 0.15) is 16.1 Å². The van der Waals surface area contributed by atoms with Crippen LogP contribution in [-0.4, -0.2) is 14.8 Å². The van der Waals surface area contributed by atoms with Crippen molar-refractivity contribution in [3.63, 3.8) is 0 Å². The molecule has 0 saturated heterocycles. The van der Waals surface area contributed by atoms with Crippen molar-refractivity contribution < 1.29 is 3.95 Å². The van der Waals surface area contributed by atoms with Crippen molar-refractivity contribution in [2.75, 3.05) is 10.2 Å². The molecule has 0 aliphatic carbocycles. The van der Waals surface area contributed by atoms with Crippen LogP contribution >= 0.6 is 27.5 Å². The summed E-state index contributed by atoms with van der Waals surface area (Å²) in [6.07, 6.45) is 0. The lowest BCUT2D eigenvalue weighted by Gasteiger charge is -2.25. The van der Waals surface area contributed by atoms with E-state index in [0.717, 1.165) is 27.9 Å². The topological polar surface area (TPSA) is 86.9 Å². The summed E-state index contributed by atoms with van der Waals surface area (Å²) in [5.41, 5.74) is 6.44. The molecule has 2 aromatic carbocycles. The maximum absolute atomic E-state index is 8.72. The van der Waals surface area contributed by atoms with Gasteiger partial charge in [0, 0.05) is 10.4 Å². The van der Waals surface area contributed by atoms with E-state index >= 15 is 0 Å². The highest BCUT2D eigenvalue weighted by atomic mass is 79.9. The van der Waals surface area contributed by atoms with Gasteiger partial charge in [0.05, 0.1) is 11.4 Å². The molecule has 1 aliphatic rings. The number of rotatable bonds is 3. The number of nitro groups is 1. The third-order valence-electron chi connectivity index (χ3n) is 3.83. The van der Waals surface area contributed by atoms with Gasteiger partial charge in [-0.3, -0.25) is 15.5 Å². The molecule has 144 valence electrons. The molecular formula is C18H17BrN6O2S. The number of thiazole rings is 1. The van der Waals surface area contributed by atoms with Gasteiger partial charge in [0.15, 0.2) is 5.84 Å². The van der Waals surface area contributed by atoms with E-state index in [9.17, 15) is 0 Å². The van der Waals surface area contributed by atoms with Gasteiger partial charge in [0.1, 0.15) is 3.95 Å². The van der Waals surface area contributed by atoms with E-state index in [4.69, 9.17) is 15.2 Å². The average molecular weight is 461 g/mol. The number of anilines is 2. The van der Waals surface area contributed by atoms with Crippen molar-refractivity contribution in [1.29, 1.82) is 0 Å². The molecule has 28 heavy (non-hydrogen) atoms. The summed E-state index contributed by atoms with van der Waals surface area (Å²) in [7, 11) is 0. The zero-order chi connectivity index (χ0) is 20.1. The molecule has 1 aliphatic heterocycles. The minimum atomic E-state index is -0.688. The smallest absolute Gasteiger partial charge is 0.259 e. The Kier molecular flexibility index (Phi) is 6.22. The van der Waals surface area contributed by atoms with Gasteiger partial charge in [0.2, 0.25) is 5.13 Å². The fourth-order valence-corrected chi connectivity index (χ4v) is 3.29. The van der Waals surface area contributed by atoms with E-state index in [1.54, 1.807) is 11.3 Å². The van der Waals surface area contributed by atoms with Crippen molar-refractivity contribution in [2.45, 2.75) is 13.8 Å². The van der Waals surface area contributed by atoms with Crippen LogP contribution < -0.4 is 15.7 Å². The Labute approximate surface area is 174 Å². The Morgan fingerprint density at radius 1 is 1.07 bits per heavy atom. The summed E-state index contributed by atoms with van der Waals surface area (Å²) >= 11 is 3.63. The van der Waals surface area contributed by atoms with Gasteiger partial charge in [-0.2, -0.15) is 5.12 Å². The standard InChI is InChI=1S/C18H17N5S.BrNO2/c1-13-14(2)24-18(19-13)23-21-17(15-9-5-3-6-10-15)20-22(23)16-11-7-4-8-12-16;1-2(3)4/h3-12H,1-2H3,(H,20,21);. The largest absolute Gasteiger partial charge is 0.399 e. The van der Waals surface area contributed by atoms with E-state index < -0.39 is 3.95 Å². The number of benzene rings is 2. The minimum Gasteiger partial charge on any atom is -0.259 e. The lowest BCUT2D eigenvalue weighted by molar-refractivity contribution is -0.262. The molecule has 0 amide bonds. The molecule has 0 spiro atoms. The third kappa shape index (κ3) is 4.65. The number of halogens is 1. The Balaban J connectivity index is 0.000000516. The van der Waals surface area contributed by atoms with Crippen LogP contribution in [0.2, 0.25) is 0 Å². The van der Waals surface area contributed by atoms with E-state index in [1.807, 2.05) is 94.0 Å². The Bertz CT molecular complexity index is 957. The van der Waals surface area contributed by atoms with Gasteiger partial charge in [0.25, 0.3) is 0 Å². The minimum absolute atomic E-state index is 0.688. The monoisotopic (exact) mass is 460 g/mol. The van der Waals surface area contributed by atoms with E-state index in [0.29, 0.717) is 0 Å². The Hall–Kier alpha value is -2.98. The molecule has 4 rings (SSSR count). The molecule has 0 bridgehead atoms. The molecule has 0 saturated carbocycles. The normalized spacial score (nSPS) is 12.8. The van der Waals surface area contributed by atoms with Gasteiger partial charge in [-0.05, 0) is 26.0 Å². The average Bonchev–Trinajstić information content (AvgIpc) is 3.27. The summed E-state index contributed by atoms with van der Waals surface area (Å²) in [5.74, 6) is 0.796. The van der Waals surface area contributed by atoms with Gasteiger partial charge < -0.3 is 0 Å². The number of nitrogens with zero attached hydrogens (tertiary/aromatic N) is 5. The van der Waals surface area contributed by atoms with Crippen LogP contribution in [0.15, 0.2) is 65.8 Å². The predicted molar refractivity (Wildman–Crippen MR) is 115 cm³/mol. The van der Waals surface area contributed by atoms with Crippen LogP contribution in [0.5, 0.6) is 0 Å². The zero-order valence-electron chi connectivity index (χ0n) is 15.1. The second-order valence-electron chi connectivity index (χ2n) is 5.71. The second kappa shape index (κ2) is 8.81. The lowest BCUT2D eigenvalue weighted by Crippen LogP contribution is -2.44. The number of hydrogen-bond acceptors (Lipinski definition) is 8. The highest BCUT2D eigenvalue weighted by Gasteiger charge is 2.28. The van der Waals surface area contributed by atoms with Gasteiger partial charge in [-0.1, -0.05) is 59.9 Å². The van der Waals surface area contributed by atoms with Crippen LogP contribution in [-0.2, 0) is 0 Å². The molecule has 0 fully saturated rings. The van der Waals surface area contributed by atoms with Crippen LogP contribution in [0.25, 0.3) is 0 Å². The molecule has 1 N–H and O–H groups in total. The second-order valence-corrected chi connectivity index (χ2v) is 7.47. The molecule has 0 unspecified atom stereocenters. The highest BCUT2D eigenvalue weighted by molar-refractivity contribution is 9.04. The van der Waals surface area contributed by atoms with E-state index in [-0.39, 0.29) is 0 Å². The maximum atomic E-state index is 8.72. The SMILES string of the molecule is Cc1nc(N2N=C(c3ccccc3)NN2c2ccccc2)sc1C.O=[N+]([O-])Br. The van der Waals surface area contributed by atoms with Crippen molar-refractivity contribution in [3.8, 4) is 0 Å². The van der Waals surface area contributed by atoms with Gasteiger partial charge in [-0.25, -0.2) is 4.98 Å². The summed E-state index contributed by atoms with van der Waals surface area (Å²) < 4.78 is -0.688. The number of hydrogen-bond donors (Lipinski definition) is 1. The first-order valence-corrected chi connectivity index (χ1v) is 9.78. The van der Waals surface area contributed by atoms with Crippen molar-refractivity contribution in [3.05, 3.63) is 86.9 Å². The quantitative estimate of drug-likeness (QED) is 0.353. The van der Waals surface area contributed by atoms with Crippen LogP contribution in [0.3, 0.4) is 0 Å². The first-order valence-electron chi connectivity index (χ1n) is 8.26. The number of aromatic nitrogens is 1. The van der Waals surface area contributed by atoms with E-state index in [1.165, 1.54) is 4.88 Å². The maximum Gasteiger partial charge on any atom is 0.399 e. The zero-order valence-corrected chi connectivity index (χ0v) is 17.5. The molecule has 1 aromatic heterocycles. The fraction of sp³-hybridized carbons (Fsp3) is 0.111. The number of hydrazone groups is 1. The first kappa shape index (κ1) is 19.8. The molecule has 2 heterocycles. The predicted octanol–water partition coefficient (Wildman–Crippen LogP) is 4.44. The molecule has 10 heteroatoms. The molecule has 0 radical (unpaired) electrons. The Morgan fingerprint density at radius 3 is 2.18 bits per heavy atom. The van der Waals surface area contributed by atoms with Crippen molar-refractivity contribution in [2.24, 2.45) is 5.10 Å². The van der Waals surface area contributed by atoms with E-state index in [2.05, 4.69) is 17.3 Å². The Morgan fingerprint density at radius 2 is 1.64 bits per heavy atom. The number of para-hydroxylation sites is 1. The third-order valence-corrected chi connectivity index (χ3v) is 4.87. The van der Waals surface area contributed by atoms with Crippen molar-refractivity contribution >= 4 is 44.1 Å². The fourth-order valence-electron chi connectivity index (χ4n) is 2.44. The number of hydrazine groups is 2. The lowest BCUT2D eigenvalue weighted by atomic mass is 10.2. The molecular weight excluding hydrogens is 444 g/mol. The number of amidine groups is 1. The van der Waals surface area contributed by atoms with Gasteiger partial charge >= 0.3 is 16.1 Å². The first-order chi connectivity index (χ1) is 13.5. The molecule has 0 atom stereocenters. The van der Waals surface area contributed by atoms with Gasteiger partial charge in [-0.15, -0.1) is 10.2 Å². The van der Waals surface area contributed by atoms with Crippen molar-refractivity contribution in [1.82, 2.24) is 10.4 Å². The van der Waals surface area contributed by atoms with Crippen LogP contribution in [0.4, 0.5) is 10.8 Å². The highest BCUT2D eigenvalue weighted by Crippen LogP contribution is 2.30. The molecule has 3 aromatic rings. The molecule has 8 nitrogen and oxygen atoms in total. The summed E-state index contributed by atoms with van der Waals surface area (Å²) in [6, 6.07) is 20.2. The summed E-state index contributed by atoms with van der Waals surface area (Å²) in [5, 5.41) is 18.1. The number of nitrogens with one attached hydrogen (secondary N) is 1. The summed E-state index contributed by atoms with van der Waals surface area (Å²) in [6.45, 7) is 4.10. The number of aryl methyl sites for hydroxylation is 2. The van der Waals surface area contributed by atoms with Crippen LogP contribution in [0, 0.1) is 24.0 Å².